The third kappa shape index (κ3) is 3.72. The average Bonchev–Trinajstić information content (AvgIpc) is 2.81. The number of halogens is 1. The first-order valence-electron chi connectivity index (χ1n) is 9.99. The Morgan fingerprint density at radius 1 is 0.906 bits per heavy atom. The van der Waals surface area contributed by atoms with Crippen LogP contribution in [0.5, 0.6) is 11.5 Å². The van der Waals surface area contributed by atoms with Crippen molar-refractivity contribution in [3.8, 4) is 11.5 Å². The van der Waals surface area contributed by atoms with Gasteiger partial charge in [0.1, 0.15) is 10.6 Å². The fourth-order valence-electron chi connectivity index (χ4n) is 4.07. The van der Waals surface area contributed by atoms with Crippen LogP contribution in [-0.2, 0) is 10.0 Å². The molecule has 0 unspecified atom stereocenters. The van der Waals surface area contributed by atoms with Crippen molar-refractivity contribution >= 4 is 38.9 Å². The lowest BCUT2D eigenvalue weighted by Crippen LogP contribution is -2.28. The molecule has 8 heteroatoms. The summed E-state index contributed by atoms with van der Waals surface area (Å²) < 4.78 is 34.2. The molecule has 1 heterocycles. The molecule has 0 radical (unpaired) electrons. The van der Waals surface area contributed by atoms with Crippen molar-refractivity contribution in [2.45, 2.75) is 32.6 Å². The summed E-state index contributed by atoms with van der Waals surface area (Å²) in [5, 5.41) is 2.76. The number of hydrogen-bond donors (Lipinski definition) is 1. The topological polar surface area (TPSA) is 75.7 Å². The van der Waals surface area contributed by atoms with Crippen molar-refractivity contribution in [2.75, 3.05) is 16.7 Å². The molecule has 6 nitrogen and oxygen atoms in total. The molecule has 0 saturated heterocycles. The summed E-state index contributed by atoms with van der Waals surface area (Å²) in [5.74, 6) is 0.180. The molecule has 166 valence electrons. The minimum Gasteiger partial charge on any atom is -0.454 e. The predicted octanol–water partition coefficient (Wildman–Crippen LogP) is 5.76. The van der Waals surface area contributed by atoms with Gasteiger partial charge in [0.2, 0.25) is 0 Å². The normalized spacial score (nSPS) is 12.9. The van der Waals surface area contributed by atoms with Gasteiger partial charge in [0.15, 0.2) is 5.75 Å². The van der Waals surface area contributed by atoms with Gasteiger partial charge in [-0.25, -0.2) is 8.42 Å². The van der Waals surface area contributed by atoms with Crippen molar-refractivity contribution < 1.29 is 17.9 Å². The highest BCUT2D eigenvalue weighted by molar-refractivity contribution is 7.93. The van der Waals surface area contributed by atoms with Crippen LogP contribution in [0.1, 0.15) is 32.6 Å². The average molecular weight is 471 g/mol. The molecule has 0 aromatic heterocycles. The number of rotatable bonds is 3. The largest absolute Gasteiger partial charge is 0.454 e. The fourth-order valence-corrected chi connectivity index (χ4v) is 5.91. The first kappa shape index (κ1) is 22.2. The number of nitrogens with zero attached hydrogens (tertiary/aromatic N) is 1. The number of carbonyl (C=O) groups is 1. The number of fused-ring (bicyclic) bond motifs is 2. The van der Waals surface area contributed by atoms with Crippen LogP contribution in [0.15, 0.2) is 47.4 Å². The van der Waals surface area contributed by atoms with Crippen LogP contribution in [0.4, 0.5) is 11.4 Å². The van der Waals surface area contributed by atoms with Crippen LogP contribution in [0.3, 0.4) is 0 Å². The van der Waals surface area contributed by atoms with Crippen molar-refractivity contribution in [1.29, 1.82) is 0 Å². The zero-order valence-electron chi connectivity index (χ0n) is 18.4. The molecule has 3 aromatic carbocycles. The third-order valence-electron chi connectivity index (χ3n) is 5.47. The molecule has 0 saturated carbocycles. The zero-order valence-corrected chi connectivity index (χ0v) is 20.0. The summed E-state index contributed by atoms with van der Waals surface area (Å²) in [6, 6.07) is 11.9. The van der Waals surface area contributed by atoms with E-state index in [9.17, 15) is 13.2 Å². The molecule has 1 aliphatic rings. The summed E-state index contributed by atoms with van der Waals surface area (Å²) in [4.78, 5) is 12.7. The van der Waals surface area contributed by atoms with Gasteiger partial charge in [-0.2, -0.15) is 0 Å². The van der Waals surface area contributed by atoms with E-state index < -0.39 is 15.9 Å². The van der Waals surface area contributed by atoms with E-state index in [-0.39, 0.29) is 21.2 Å². The summed E-state index contributed by atoms with van der Waals surface area (Å²) >= 11 is 6.42. The van der Waals surface area contributed by atoms with Gasteiger partial charge in [-0.1, -0.05) is 35.4 Å². The summed E-state index contributed by atoms with van der Waals surface area (Å²) in [6.45, 7) is 7.58. The SMILES string of the molecule is Cc1cc(C)c(N(C)S(=O)(=O)c2cc3c(cc2Cl)Oc2ccc(C)cc2NC3=O)c(C)c1. The lowest BCUT2D eigenvalue weighted by Gasteiger charge is -2.25. The van der Waals surface area contributed by atoms with Crippen LogP contribution >= 0.6 is 11.6 Å². The highest BCUT2D eigenvalue weighted by Crippen LogP contribution is 2.40. The Hall–Kier alpha value is -3.03. The summed E-state index contributed by atoms with van der Waals surface area (Å²) in [7, 11) is -2.57. The van der Waals surface area contributed by atoms with Gasteiger partial charge in [-0.3, -0.25) is 9.10 Å². The molecular formula is C24H23ClN2O4S. The Morgan fingerprint density at radius 2 is 1.56 bits per heavy atom. The van der Waals surface area contributed by atoms with Crippen molar-refractivity contribution in [3.63, 3.8) is 0 Å². The summed E-state index contributed by atoms with van der Waals surface area (Å²) in [5.41, 5.74) is 4.82. The van der Waals surface area contributed by atoms with E-state index in [0.29, 0.717) is 17.1 Å². The lowest BCUT2D eigenvalue weighted by molar-refractivity contribution is 0.102. The molecule has 0 aliphatic carbocycles. The Labute approximate surface area is 192 Å². The van der Waals surface area contributed by atoms with E-state index in [4.69, 9.17) is 16.3 Å². The number of amides is 1. The maximum absolute atomic E-state index is 13.6. The molecule has 1 amide bonds. The number of aryl methyl sites for hydroxylation is 4. The number of ether oxygens (including phenoxy) is 1. The van der Waals surface area contributed by atoms with Crippen LogP contribution in [0.25, 0.3) is 0 Å². The quantitative estimate of drug-likeness (QED) is 0.528. The van der Waals surface area contributed by atoms with E-state index in [1.165, 1.54) is 23.5 Å². The molecule has 0 spiro atoms. The van der Waals surface area contributed by atoms with E-state index in [0.717, 1.165) is 22.3 Å². The smallest absolute Gasteiger partial charge is 0.265 e. The van der Waals surface area contributed by atoms with Gasteiger partial charge < -0.3 is 10.1 Å². The van der Waals surface area contributed by atoms with Crippen molar-refractivity contribution in [1.82, 2.24) is 0 Å². The first-order valence-corrected chi connectivity index (χ1v) is 11.8. The van der Waals surface area contributed by atoms with Crippen LogP contribution in [-0.4, -0.2) is 21.4 Å². The van der Waals surface area contributed by atoms with Gasteiger partial charge in [-0.15, -0.1) is 0 Å². The van der Waals surface area contributed by atoms with E-state index in [1.807, 2.05) is 45.9 Å². The maximum Gasteiger partial charge on any atom is 0.265 e. The minimum atomic E-state index is -4.06. The Bertz CT molecular complexity index is 1360. The maximum atomic E-state index is 13.6. The number of anilines is 2. The Kier molecular flexibility index (Phi) is 5.43. The highest BCUT2D eigenvalue weighted by atomic mass is 35.5. The molecule has 32 heavy (non-hydrogen) atoms. The van der Waals surface area contributed by atoms with Crippen LogP contribution < -0.4 is 14.4 Å². The molecule has 0 fully saturated rings. The second kappa shape index (κ2) is 7.83. The molecule has 0 atom stereocenters. The van der Waals surface area contributed by atoms with Gasteiger partial charge in [0.05, 0.1) is 22.0 Å². The first-order chi connectivity index (χ1) is 15.0. The van der Waals surface area contributed by atoms with Gasteiger partial charge in [0, 0.05) is 13.1 Å². The second-order valence-electron chi connectivity index (χ2n) is 8.05. The number of sulfonamides is 1. The standard InChI is InChI=1S/C24H23ClN2O4S/c1-13-6-7-20-19(10-13)26-24(28)17-11-22(18(25)12-21(17)31-20)32(29,30)27(5)23-15(3)8-14(2)9-16(23)4/h6-12H,1-5H3,(H,26,28). The van der Waals surface area contributed by atoms with E-state index in [1.54, 1.807) is 12.1 Å². The van der Waals surface area contributed by atoms with E-state index in [2.05, 4.69) is 5.32 Å². The van der Waals surface area contributed by atoms with Gasteiger partial charge in [0.25, 0.3) is 15.9 Å². The Balaban J connectivity index is 1.82. The van der Waals surface area contributed by atoms with Crippen LogP contribution in [0, 0.1) is 27.7 Å². The molecule has 3 aromatic rings. The lowest BCUT2D eigenvalue weighted by atomic mass is 10.1. The number of benzene rings is 3. The minimum absolute atomic E-state index is 0.0265. The van der Waals surface area contributed by atoms with Crippen molar-refractivity contribution in [3.05, 3.63) is 75.3 Å². The molecule has 4 rings (SSSR count). The molecule has 1 N–H and O–H groups in total. The predicted molar refractivity (Wildman–Crippen MR) is 127 cm³/mol. The van der Waals surface area contributed by atoms with Crippen LogP contribution in [0.2, 0.25) is 5.02 Å². The highest BCUT2D eigenvalue weighted by Gasteiger charge is 2.30. The summed E-state index contributed by atoms with van der Waals surface area (Å²) in [6.07, 6.45) is 0. The van der Waals surface area contributed by atoms with Gasteiger partial charge >= 0.3 is 0 Å². The number of nitrogens with one attached hydrogen (secondary N) is 1. The van der Waals surface area contributed by atoms with E-state index >= 15 is 0 Å². The van der Waals surface area contributed by atoms with Crippen molar-refractivity contribution in [2.24, 2.45) is 0 Å². The molecular weight excluding hydrogens is 448 g/mol. The second-order valence-corrected chi connectivity index (χ2v) is 10.4. The Morgan fingerprint density at radius 3 is 2.22 bits per heavy atom. The molecule has 1 aliphatic heterocycles. The fraction of sp³-hybridized carbons (Fsp3) is 0.208. The van der Waals surface area contributed by atoms with Gasteiger partial charge in [-0.05, 0) is 62.6 Å². The third-order valence-corrected chi connectivity index (χ3v) is 7.69. The number of carbonyl (C=O) groups excluding carboxylic acids is 1. The monoisotopic (exact) mass is 470 g/mol. The zero-order chi connectivity index (χ0) is 23.4. The molecule has 0 bridgehead atoms. The number of hydrogen-bond acceptors (Lipinski definition) is 4.